The van der Waals surface area contributed by atoms with Gasteiger partial charge < -0.3 is 10.1 Å². The molecule has 0 heterocycles. The van der Waals surface area contributed by atoms with E-state index in [0.717, 1.165) is 10.9 Å². The zero-order chi connectivity index (χ0) is 17.6. The van der Waals surface area contributed by atoms with E-state index in [4.69, 9.17) is 16.3 Å². The van der Waals surface area contributed by atoms with Gasteiger partial charge in [0.05, 0.1) is 0 Å². The van der Waals surface area contributed by atoms with E-state index in [1.54, 1.807) is 24.3 Å². The van der Waals surface area contributed by atoms with Gasteiger partial charge in [0.2, 0.25) is 0 Å². The Balaban J connectivity index is 1.66. The fourth-order valence-electron chi connectivity index (χ4n) is 2.74. The molecule has 0 aliphatic rings. The van der Waals surface area contributed by atoms with Crippen molar-refractivity contribution in [3.63, 3.8) is 0 Å². The Morgan fingerprint density at radius 3 is 2.52 bits per heavy atom. The number of carbonyl (C=O) groups excluding carboxylic acids is 1. The molecule has 25 heavy (non-hydrogen) atoms. The van der Waals surface area contributed by atoms with Crippen molar-refractivity contribution in [2.75, 3.05) is 0 Å². The van der Waals surface area contributed by atoms with Gasteiger partial charge in [0.1, 0.15) is 5.75 Å². The third-order valence-electron chi connectivity index (χ3n) is 4.09. The molecule has 3 rings (SSSR count). The number of benzene rings is 3. The average molecular weight is 354 g/mol. The predicted octanol–water partition coefficient (Wildman–Crippen LogP) is 4.97. The van der Waals surface area contributed by atoms with Gasteiger partial charge in [-0.05, 0) is 47.0 Å². The van der Waals surface area contributed by atoms with Crippen molar-refractivity contribution < 1.29 is 9.53 Å². The second kappa shape index (κ2) is 8.04. The molecule has 0 aromatic heterocycles. The highest BCUT2D eigenvalue weighted by molar-refractivity contribution is 6.30. The monoisotopic (exact) mass is 353 g/mol. The van der Waals surface area contributed by atoms with Crippen LogP contribution in [0.15, 0.2) is 66.7 Å². The Hall–Kier alpha value is -2.52. The average Bonchev–Trinajstić information content (AvgIpc) is 2.65. The number of hydrogen-bond acceptors (Lipinski definition) is 2. The first-order valence-corrected chi connectivity index (χ1v) is 8.71. The molecule has 1 N–H and O–H groups in total. The first-order valence-electron chi connectivity index (χ1n) is 8.34. The molecular weight excluding hydrogens is 334 g/mol. The van der Waals surface area contributed by atoms with E-state index in [9.17, 15) is 4.79 Å². The van der Waals surface area contributed by atoms with Crippen LogP contribution in [-0.2, 0) is 11.3 Å². The summed E-state index contributed by atoms with van der Waals surface area (Å²) in [5.74, 6) is 0.516. The lowest BCUT2D eigenvalue weighted by molar-refractivity contribution is -0.128. The van der Waals surface area contributed by atoms with Crippen LogP contribution in [0.25, 0.3) is 10.8 Å². The van der Waals surface area contributed by atoms with Gasteiger partial charge in [0.15, 0.2) is 6.10 Å². The summed E-state index contributed by atoms with van der Waals surface area (Å²) in [6.45, 7) is 2.40. The third-order valence-corrected chi connectivity index (χ3v) is 4.34. The minimum atomic E-state index is -0.531. The van der Waals surface area contributed by atoms with Crippen LogP contribution < -0.4 is 10.1 Å². The van der Waals surface area contributed by atoms with Crippen LogP contribution in [0.1, 0.15) is 18.9 Å². The van der Waals surface area contributed by atoms with Crippen LogP contribution in [0.3, 0.4) is 0 Å². The minimum Gasteiger partial charge on any atom is -0.481 e. The second-order valence-electron chi connectivity index (χ2n) is 5.82. The van der Waals surface area contributed by atoms with Gasteiger partial charge in [-0.15, -0.1) is 0 Å². The molecule has 3 aromatic carbocycles. The molecule has 3 nitrogen and oxygen atoms in total. The lowest BCUT2D eigenvalue weighted by Crippen LogP contribution is -2.37. The fourth-order valence-corrected chi connectivity index (χ4v) is 2.87. The zero-order valence-electron chi connectivity index (χ0n) is 14.0. The van der Waals surface area contributed by atoms with Crippen molar-refractivity contribution in [1.29, 1.82) is 0 Å². The van der Waals surface area contributed by atoms with Crippen molar-refractivity contribution in [1.82, 2.24) is 5.32 Å². The van der Waals surface area contributed by atoms with Crippen LogP contribution in [0.5, 0.6) is 5.75 Å². The van der Waals surface area contributed by atoms with Crippen LogP contribution in [-0.4, -0.2) is 12.0 Å². The predicted molar refractivity (Wildman–Crippen MR) is 102 cm³/mol. The Morgan fingerprint density at radius 2 is 1.76 bits per heavy atom. The molecule has 0 saturated heterocycles. The highest BCUT2D eigenvalue weighted by Crippen LogP contribution is 2.19. The van der Waals surface area contributed by atoms with E-state index >= 15 is 0 Å². The minimum absolute atomic E-state index is 0.120. The first-order chi connectivity index (χ1) is 12.2. The zero-order valence-corrected chi connectivity index (χ0v) is 14.8. The maximum absolute atomic E-state index is 12.5. The molecule has 0 radical (unpaired) electrons. The molecule has 0 aliphatic heterocycles. The third kappa shape index (κ3) is 4.31. The molecule has 0 aliphatic carbocycles. The smallest absolute Gasteiger partial charge is 0.261 e. The lowest BCUT2D eigenvalue weighted by Gasteiger charge is -2.17. The Bertz CT molecular complexity index is 856. The van der Waals surface area contributed by atoms with Crippen LogP contribution in [0.2, 0.25) is 5.02 Å². The van der Waals surface area contributed by atoms with Crippen LogP contribution in [0, 0.1) is 0 Å². The van der Waals surface area contributed by atoms with Gasteiger partial charge in [0.25, 0.3) is 5.91 Å². The van der Waals surface area contributed by atoms with Gasteiger partial charge >= 0.3 is 0 Å². The van der Waals surface area contributed by atoms with Gasteiger partial charge in [-0.25, -0.2) is 0 Å². The fraction of sp³-hybridized carbons (Fsp3) is 0.190. The number of amides is 1. The van der Waals surface area contributed by atoms with Crippen LogP contribution >= 0.6 is 11.6 Å². The summed E-state index contributed by atoms with van der Waals surface area (Å²) in [6.07, 6.45) is 0.0560. The number of fused-ring (bicyclic) bond motifs is 1. The summed E-state index contributed by atoms with van der Waals surface area (Å²) < 4.78 is 5.79. The molecular formula is C21H20ClNO2. The van der Waals surface area contributed by atoms with Crippen LogP contribution in [0.4, 0.5) is 0 Å². The van der Waals surface area contributed by atoms with Gasteiger partial charge in [-0.1, -0.05) is 61.0 Å². The molecule has 1 amide bonds. The number of hydrogen-bond donors (Lipinski definition) is 1. The van der Waals surface area contributed by atoms with E-state index in [2.05, 4.69) is 23.5 Å². The summed E-state index contributed by atoms with van der Waals surface area (Å²) >= 11 is 5.88. The Kier molecular flexibility index (Phi) is 5.56. The van der Waals surface area contributed by atoms with Crippen molar-refractivity contribution >= 4 is 28.3 Å². The highest BCUT2D eigenvalue weighted by Gasteiger charge is 2.18. The summed E-state index contributed by atoms with van der Waals surface area (Å²) in [7, 11) is 0. The molecule has 3 aromatic rings. The number of rotatable bonds is 6. The number of carbonyl (C=O) groups is 1. The largest absolute Gasteiger partial charge is 0.481 e. The van der Waals surface area contributed by atoms with E-state index in [0.29, 0.717) is 23.7 Å². The first kappa shape index (κ1) is 17.3. The topological polar surface area (TPSA) is 38.3 Å². The SMILES string of the molecule is CC[C@@H](Oc1ccc(Cl)cc1)C(=O)NCc1cccc2ccccc12. The summed E-state index contributed by atoms with van der Waals surface area (Å²) in [4.78, 5) is 12.5. The summed E-state index contributed by atoms with van der Waals surface area (Å²) in [5, 5.41) is 5.94. The molecule has 1 atom stereocenters. The maximum atomic E-state index is 12.5. The quantitative estimate of drug-likeness (QED) is 0.679. The van der Waals surface area contributed by atoms with E-state index in [1.165, 1.54) is 5.39 Å². The van der Waals surface area contributed by atoms with E-state index in [1.807, 2.05) is 31.2 Å². The van der Waals surface area contributed by atoms with E-state index < -0.39 is 6.10 Å². The highest BCUT2D eigenvalue weighted by atomic mass is 35.5. The molecule has 0 bridgehead atoms. The molecule has 4 heteroatoms. The lowest BCUT2D eigenvalue weighted by atomic mass is 10.0. The Morgan fingerprint density at radius 1 is 1.04 bits per heavy atom. The normalized spacial score (nSPS) is 11.9. The molecule has 0 saturated carbocycles. The standard InChI is InChI=1S/C21H20ClNO2/c1-2-20(25-18-12-10-17(22)11-13-18)21(24)23-14-16-8-5-7-15-6-3-4-9-19(15)16/h3-13,20H,2,14H2,1H3,(H,23,24)/t20-/m1/s1. The molecule has 0 unspecified atom stereocenters. The number of ether oxygens (including phenoxy) is 1. The number of halogens is 1. The van der Waals surface area contributed by atoms with Crippen molar-refractivity contribution in [2.45, 2.75) is 26.0 Å². The van der Waals surface area contributed by atoms with Gasteiger partial charge in [-0.3, -0.25) is 4.79 Å². The molecule has 0 spiro atoms. The Labute approximate surface area is 152 Å². The summed E-state index contributed by atoms with van der Waals surface area (Å²) in [6, 6.07) is 21.3. The van der Waals surface area contributed by atoms with Crippen molar-refractivity contribution in [3.8, 4) is 5.75 Å². The van der Waals surface area contributed by atoms with E-state index in [-0.39, 0.29) is 5.91 Å². The van der Waals surface area contributed by atoms with Crippen molar-refractivity contribution in [2.24, 2.45) is 0 Å². The maximum Gasteiger partial charge on any atom is 0.261 e. The summed E-state index contributed by atoms with van der Waals surface area (Å²) in [5.41, 5.74) is 1.09. The number of nitrogens with one attached hydrogen (secondary N) is 1. The van der Waals surface area contributed by atoms with Gasteiger partial charge in [0, 0.05) is 11.6 Å². The van der Waals surface area contributed by atoms with Crippen molar-refractivity contribution in [3.05, 3.63) is 77.3 Å². The molecule has 128 valence electrons. The van der Waals surface area contributed by atoms with Gasteiger partial charge in [-0.2, -0.15) is 0 Å². The second-order valence-corrected chi connectivity index (χ2v) is 6.26. The molecule has 0 fully saturated rings.